The van der Waals surface area contributed by atoms with Crippen molar-refractivity contribution in [3.8, 4) is 0 Å². The maximum atomic E-state index is 4.34. The minimum Gasteiger partial charge on any atom is -0.308 e. The van der Waals surface area contributed by atoms with Gasteiger partial charge >= 0.3 is 0 Å². The summed E-state index contributed by atoms with van der Waals surface area (Å²) in [7, 11) is 0. The smallest absolute Gasteiger partial charge is 0.0994 e. The molecule has 0 amide bonds. The van der Waals surface area contributed by atoms with Crippen LogP contribution >= 0.6 is 0 Å². The van der Waals surface area contributed by atoms with E-state index in [4.69, 9.17) is 0 Å². The molecular weight excluding hydrogens is 148 g/mol. The van der Waals surface area contributed by atoms with Crippen molar-refractivity contribution in [2.45, 2.75) is 19.8 Å². The zero-order chi connectivity index (χ0) is 8.55. The SMILES string of the molecule is CC(C)c1cc2cccn2cn1. The summed E-state index contributed by atoms with van der Waals surface area (Å²) in [5.74, 6) is 0.505. The lowest BCUT2D eigenvalue weighted by atomic mass is 10.1. The van der Waals surface area contributed by atoms with Crippen LogP contribution in [0.2, 0.25) is 0 Å². The van der Waals surface area contributed by atoms with Crippen molar-refractivity contribution in [2.24, 2.45) is 0 Å². The largest absolute Gasteiger partial charge is 0.308 e. The minimum absolute atomic E-state index is 0.505. The normalized spacial score (nSPS) is 11.2. The van der Waals surface area contributed by atoms with Gasteiger partial charge in [0.1, 0.15) is 0 Å². The first-order chi connectivity index (χ1) is 5.77. The summed E-state index contributed by atoms with van der Waals surface area (Å²) in [5.41, 5.74) is 2.37. The van der Waals surface area contributed by atoms with E-state index in [1.165, 1.54) is 5.52 Å². The van der Waals surface area contributed by atoms with Crippen molar-refractivity contribution in [1.82, 2.24) is 9.38 Å². The molecule has 2 aromatic rings. The molecule has 0 aliphatic heterocycles. The van der Waals surface area contributed by atoms with E-state index in [-0.39, 0.29) is 0 Å². The molecule has 0 spiro atoms. The van der Waals surface area contributed by atoms with Crippen LogP contribution in [-0.4, -0.2) is 9.38 Å². The number of rotatable bonds is 1. The fraction of sp³-hybridized carbons (Fsp3) is 0.300. The molecule has 62 valence electrons. The Hall–Kier alpha value is -1.31. The van der Waals surface area contributed by atoms with Crippen LogP contribution in [0, 0.1) is 0 Å². The molecule has 0 bridgehead atoms. The quantitative estimate of drug-likeness (QED) is 0.626. The lowest BCUT2D eigenvalue weighted by Crippen LogP contribution is -1.94. The highest BCUT2D eigenvalue weighted by Gasteiger charge is 2.00. The molecule has 0 saturated carbocycles. The molecule has 2 heterocycles. The van der Waals surface area contributed by atoms with Crippen molar-refractivity contribution in [2.75, 3.05) is 0 Å². The van der Waals surface area contributed by atoms with Crippen LogP contribution in [0.4, 0.5) is 0 Å². The van der Waals surface area contributed by atoms with Crippen LogP contribution in [0.5, 0.6) is 0 Å². The Morgan fingerprint density at radius 2 is 2.25 bits per heavy atom. The highest BCUT2D eigenvalue weighted by atomic mass is 14.9. The minimum atomic E-state index is 0.505. The Kier molecular flexibility index (Phi) is 1.61. The molecule has 0 aliphatic rings. The Bertz CT molecular complexity index is 387. The Morgan fingerprint density at radius 1 is 1.42 bits per heavy atom. The Labute approximate surface area is 71.9 Å². The summed E-state index contributed by atoms with van der Waals surface area (Å²) >= 11 is 0. The maximum Gasteiger partial charge on any atom is 0.0994 e. The van der Waals surface area contributed by atoms with Crippen LogP contribution < -0.4 is 0 Å². The second-order valence-electron chi connectivity index (χ2n) is 3.31. The van der Waals surface area contributed by atoms with Gasteiger partial charge in [-0.1, -0.05) is 13.8 Å². The molecule has 2 rings (SSSR count). The van der Waals surface area contributed by atoms with E-state index in [1.807, 2.05) is 23.0 Å². The predicted molar refractivity (Wildman–Crippen MR) is 49.3 cm³/mol. The topological polar surface area (TPSA) is 17.3 Å². The lowest BCUT2D eigenvalue weighted by molar-refractivity contribution is 0.813. The van der Waals surface area contributed by atoms with Crippen LogP contribution in [0.15, 0.2) is 30.7 Å². The van der Waals surface area contributed by atoms with E-state index in [0.717, 1.165) is 5.69 Å². The zero-order valence-corrected chi connectivity index (χ0v) is 7.36. The Balaban J connectivity index is 2.60. The summed E-state index contributed by atoms with van der Waals surface area (Å²) in [5, 5.41) is 0. The first-order valence-electron chi connectivity index (χ1n) is 4.20. The predicted octanol–water partition coefficient (Wildman–Crippen LogP) is 2.46. The van der Waals surface area contributed by atoms with Gasteiger partial charge in [-0.3, -0.25) is 0 Å². The number of aromatic nitrogens is 2. The van der Waals surface area contributed by atoms with Crippen molar-refractivity contribution in [3.05, 3.63) is 36.4 Å². The summed E-state index contributed by atoms with van der Waals surface area (Å²) < 4.78 is 2.02. The van der Waals surface area contributed by atoms with Crippen LogP contribution in [0.25, 0.3) is 5.52 Å². The molecule has 0 aliphatic carbocycles. The fourth-order valence-electron chi connectivity index (χ4n) is 1.27. The molecule has 2 nitrogen and oxygen atoms in total. The van der Waals surface area contributed by atoms with E-state index in [9.17, 15) is 0 Å². The van der Waals surface area contributed by atoms with Gasteiger partial charge in [0.2, 0.25) is 0 Å². The monoisotopic (exact) mass is 160 g/mol. The molecule has 2 heteroatoms. The van der Waals surface area contributed by atoms with E-state index >= 15 is 0 Å². The summed E-state index contributed by atoms with van der Waals surface area (Å²) in [4.78, 5) is 4.34. The van der Waals surface area contributed by atoms with Gasteiger partial charge in [0, 0.05) is 17.4 Å². The van der Waals surface area contributed by atoms with Crippen molar-refractivity contribution < 1.29 is 0 Å². The highest BCUT2D eigenvalue weighted by molar-refractivity contribution is 5.47. The number of hydrogen-bond acceptors (Lipinski definition) is 1. The summed E-state index contributed by atoms with van der Waals surface area (Å²) in [6.07, 6.45) is 3.87. The van der Waals surface area contributed by atoms with Crippen molar-refractivity contribution in [3.63, 3.8) is 0 Å². The van der Waals surface area contributed by atoms with Crippen LogP contribution in [0.3, 0.4) is 0 Å². The third kappa shape index (κ3) is 1.09. The van der Waals surface area contributed by atoms with E-state index in [0.29, 0.717) is 5.92 Å². The third-order valence-corrected chi connectivity index (χ3v) is 2.03. The molecular formula is C10H12N2. The molecule has 0 radical (unpaired) electrons. The molecule has 0 N–H and O–H groups in total. The number of fused-ring (bicyclic) bond motifs is 1. The van der Waals surface area contributed by atoms with Gasteiger partial charge in [-0.25, -0.2) is 4.98 Å². The molecule has 0 saturated heterocycles. The average molecular weight is 160 g/mol. The Morgan fingerprint density at radius 3 is 3.00 bits per heavy atom. The van der Waals surface area contributed by atoms with E-state index in [1.54, 1.807) is 0 Å². The van der Waals surface area contributed by atoms with Gasteiger partial charge in [-0.05, 0) is 24.1 Å². The van der Waals surface area contributed by atoms with Crippen LogP contribution in [0.1, 0.15) is 25.5 Å². The van der Waals surface area contributed by atoms with E-state index < -0.39 is 0 Å². The maximum absolute atomic E-state index is 4.34. The third-order valence-electron chi connectivity index (χ3n) is 2.03. The highest BCUT2D eigenvalue weighted by Crippen LogP contribution is 2.13. The summed E-state index contributed by atoms with van der Waals surface area (Å²) in [6, 6.07) is 6.25. The van der Waals surface area contributed by atoms with Gasteiger partial charge < -0.3 is 4.40 Å². The number of nitrogens with zero attached hydrogens (tertiary/aromatic N) is 2. The summed E-state index contributed by atoms with van der Waals surface area (Å²) in [6.45, 7) is 4.31. The molecule has 0 fully saturated rings. The van der Waals surface area contributed by atoms with Crippen molar-refractivity contribution >= 4 is 5.52 Å². The molecule has 0 aromatic carbocycles. The number of hydrogen-bond donors (Lipinski definition) is 0. The zero-order valence-electron chi connectivity index (χ0n) is 7.36. The first-order valence-corrected chi connectivity index (χ1v) is 4.20. The average Bonchev–Trinajstić information content (AvgIpc) is 2.49. The second-order valence-corrected chi connectivity index (χ2v) is 3.31. The molecule has 0 unspecified atom stereocenters. The lowest BCUT2D eigenvalue weighted by Gasteiger charge is -2.03. The van der Waals surface area contributed by atoms with Gasteiger partial charge in [-0.15, -0.1) is 0 Å². The van der Waals surface area contributed by atoms with Gasteiger partial charge in [-0.2, -0.15) is 0 Å². The van der Waals surface area contributed by atoms with Gasteiger partial charge in [0.25, 0.3) is 0 Å². The molecule has 0 atom stereocenters. The first kappa shape index (κ1) is 7.35. The molecule has 12 heavy (non-hydrogen) atoms. The standard InChI is InChI=1S/C10H12N2/c1-8(2)10-6-9-4-3-5-12(9)7-11-10/h3-8H,1-2H3. The van der Waals surface area contributed by atoms with Gasteiger partial charge in [0.05, 0.1) is 6.33 Å². The van der Waals surface area contributed by atoms with E-state index in [2.05, 4.69) is 31.0 Å². The van der Waals surface area contributed by atoms with Gasteiger partial charge in [0.15, 0.2) is 0 Å². The fourth-order valence-corrected chi connectivity index (χ4v) is 1.27. The van der Waals surface area contributed by atoms with Crippen LogP contribution in [-0.2, 0) is 0 Å². The second kappa shape index (κ2) is 2.63. The molecule has 2 aromatic heterocycles. The van der Waals surface area contributed by atoms with Crippen molar-refractivity contribution in [1.29, 1.82) is 0 Å².